The third kappa shape index (κ3) is 2.71. The third-order valence-electron chi connectivity index (χ3n) is 5.53. The zero-order valence-electron chi connectivity index (χ0n) is 16.5. The van der Waals surface area contributed by atoms with E-state index in [1.807, 2.05) is 55.6 Å². The highest BCUT2D eigenvalue weighted by Gasteiger charge is 2.16. The number of anilines is 1. The summed E-state index contributed by atoms with van der Waals surface area (Å²) in [5, 5.41) is 2.30. The van der Waals surface area contributed by atoms with Gasteiger partial charge >= 0.3 is 0 Å². The number of nitrogens with two attached hydrogens (primary N) is 2. The quantitative estimate of drug-likeness (QED) is 0.461. The van der Waals surface area contributed by atoms with E-state index in [0.717, 1.165) is 44.2 Å². The molecule has 0 atom stereocenters. The Hall–Kier alpha value is -4.12. The number of hydrogen-bond donors (Lipinski definition) is 2. The van der Waals surface area contributed by atoms with Crippen molar-refractivity contribution >= 4 is 33.5 Å². The second-order valence-corrected chi connectivity index (χ2v) is 7.39. The number of rotatable bonds is 3. The molecule has 0 saturated heterocycles. The van der Waals surface area contributed by atoms with E-state index in [1.54, 1.807) is 6.07 Å². The lowest BCUT2D eigenvalue weighted by molar-refractivity contribution is 0.0999. The zero-order chi connectivity index (χ0) is 20.8. The maximum absolute atomic E-state index is 11.7. The topological polar surface area (TPSA) is 86.9 Å². The number of carbonyl (C=O) groups is 1. The van der Waals surface area contributed by atoms with Gasteiger partial charge in [0, 0.05) is 33.8 Å². The summed E-state index contributed by atoms with van der Waals surface area (Å²) in [4.78, 5) is 15.9. The molecule has 0 saturated carbocycles. The highest BCUT2D eigenvalue weighted by atomic mass is 16.1. The SMILES string of the molecule is Cc1cc(-n2c3ccccc3c3c(-c4ccc(N)nc4)cccc32)ccc1C(N)=O. The molecule has 0 bridgehead atoms. The summed E-state index contributed by atoms with van der Waals surface area (Å²) < 4.78 is 2.22. The number of benzene rings is 3. The standard InChI is InChI=1S/C25H20N4O/c1-15-13-17(10-11-18(15)25(27)30)29-21-7-3-2-5-20(21)24-19(6-4-8-22(24)29)16-9-12-23(26)28-14-16/h2-14H,1H3,(H2,26,28)(H2,27,30). The van der Waals surface area contributed by atoms with Crippen molar-refractivity contribution in [2.75, 3.05) is 5.73 Å². The maximum atomic E-state index is 11.7. The lowest BCUT2D eigenvalue weighted by atomic mass is 10.0. The molecule has 0 aliphatic heterocycles. The predicted octanol–water partition coefficient (Wildman–Crippen LogP) is 4.84. The van der Waals surface area contributed by atoms with Crippen LogP contribution in [0.25, 0.3) is 38.6 Å². The number of pyridine rings is 1. The van der Waals surface area contributed by atoms with Crippen molar-refractivity contribution in [1.29, 1.82) is 0 Å². The fourth-order valence-electron chi connectivity index (χ4n) is 4.17. The van der Waals surface area contributed by atoms with E-state index in [1.165, 1.54) is 0 Å². The number of amides is 1. The Balaban J connectivity index is 1.85. The summed E-state index contributed by atoms with van der Waals surface area (Å²) in [7, 11) is 0. The Morgan fingerprint density at radius 3 is 2.47 bits per heavy atom. The van der Waals surface area contributed by atoms with Crippen molar-refractivity contribution in [1.82, 2.24) is 9.55 Å². The zero-order valence-corrected chi connectivity index (χ0v) is 16.5. The van der Waals surface area contributed by atoms with Gasteiger partial charge in [0.15, 0.2) is 0 Å². The first kappa shape index (κ1) is 17.9. The lowest BCUT2D eigenvalue weighted by Gasteiger charge is -2.11. The van der Waals surface area contributed by atoms with Crippen LogP contribution < -0.4 is 11.5 Å². The number of carbonyl (C=O) groups excluding carboxylic acids is 1. The number of aryl methyl sites for hydroxylation is 1. The second-order valence-electron chi connectivity index (χ2n) is 7.39. The first-order valence-corrected chi connectivity index (χ1v) is 9.69. The van der Waals surface area contributed by atoms with E-state index in [-0.39, 0.29) is 0 Å². The van der Waals surface area contributed by atoms with Crippen LogP contribution in [0.3, 0.4) is 0 Å². The van der Waals surface area contributed by atoms with Crippen LogP contribution in [0, 0.1) is 6.92 Å². The maximum Gasteiger partial charge on any atom is 0.248 e. The van der Waals surface area contributed by atoms with Gasteiger partial charge in [-0.25, -0.2) is 4.98 Å². The van der Waals surface area contributed by atoms with Crippen LogP contribution in [0.4, 0.5) is 5.82 Å². The summed E-state index contributed by atoms with van der Waals surface area (Å²) in [5.41, 5.74) is 17.9. The number of primary amides is 1. The molecule has 30 heavy (non-hydrogen) atoms. The smallest absolute Gasteiger partial charge is 0.248 e. The summed E-state index contributed by atoms with van der Waals surface area (Å²) in [6.07, 6.45) is 1.81. The van der Waals surface area contributed by atoms with Gasteiger partial charge in [-0.2, -0.15) is 0 Å². The highest BCUT2D eigenvalue weighted by Crippen LogP contribution is 2.38. The Morgan fingerprint density at radius 1 is 0.933 bits per heavy atom. The van der Waals surface area contributed by atoms with Gasteiger partial charge in [-0.1, -0.05) is 30.3 Å². The van der Waals surface area contributed by atoms with Gasteiger partial charge in [-0.3, -0.25) is 4.79 Å². The van der Waals surface area contributed by atoms with Crippen molar-refractivity contribution in [3.8, 4) is 16.8 Å². The molecule has 0 fully saturated rings. The normalized spacial score (nSPS) is 11.2. The minimum absolute atomic E-state index is 0.417. The first-order valence-electron chi connectivity index (χ1n) is 9.69. The Labute approximate surface area is 173 Å². The molecule has 0 aliphatic rings. The predicted molar refractivity (Wildman–Crippen MR) is 122 cm³/mol. The molecule has 5 rings (SSSR count). The average molecular weight is 392 g/mol. The molecular formula is C25H20N4O. The largest absolute Gasteiger partial charge is 0.384 e. The average Bonchev–Trinajstić information content (AvgIpc) is 3.08. The van der Waals surface area contributed by atoms with Crippen molar-refractivity contribution < 1.29 is 4.79 Å². The molecule has 1 amide bonds. The molecule has 5 nitrogen and oxygen atoms in total. The van der Waals surface area contributed by atoms with Gasteiger partial charge in [0.1, 0.15) is 5.82 Å². The number of hydrogen-bond acceptors (Lipinski definition) is 3. The fraction of sp³-hybridized carbons (Fsp3) is 0.0400. The van der Waals surface area contributed by atoms with Crippen LogP contribution in [0.1, 0.15) is 15.9 Å². The summed E-state index contributed by atoms with van der Waals surface area (Å²) in [6.45, 7) is 1.91. The van der Waals surface area contributed by atoms with E-state index >= 15 is 0 Å². The molecule has 0 spiro atoms. The Kier molecular flexibility index (Phi) is 4.03. The van der Waals surface area contributed by atoms with Crippen LogP contribution in [-0.2, 0) is 0 Å². The van der Waals surface area contributed by atoms with Gasteiger partial charge in [-0.15, -0.1) is 0 Å². The minimum Gasteiger partial charge on any atom is -0.384 e. The third-order valence-corrected chi connectivity index (χ3v) is 5.53. The van der Waals surface area contributed by atoms with E-state index < -0.39 is 5.91 Å². The van der Waals surface area contributed by atoms with Crippen LogP contribution >= 0.6 is 0 Å². The molecular weight excluding hydrogens is 372 g/mol. The van der Waals surface area contributed by atoms with Gasteiger partial charge in [-0.05, 0) is 60.5 Å². The number of aromatic nitrogens is 2. The van der Waals surface area contributed by atoms with Crippen LogP contribution in [0.15, 0.2) is 79.0 Å². The van der Waals surface area contributed by atoms with Gasteiger partial charge in [0.2, 0.25) is 5.91 Å². The fourth-order valence-corrected chi connectivity index (χ4v) is 4.17. The molecule has 0 unspecified atom stereocenters. The first-order chi connectivity index (χ1) is 14.5. The number of nitrogens with zero attached hydrogens (tertiary/aromatic N) is 2. The molecule has 0 radical (unpaired) electrons. The monoisotopic (exact) mass is 392 g/mol. The Bertz CT molecular complexity index is 1430. The summed E-state index contributed by atoms with van der Waals surface area (Å²) in [5.74, 6) is 0.0813. The second kappa shape index (κ2) is 6.74. The molecule has 3 aromatic carbocycles. The van der Waals surface area contributed by atoms with E-state index in [4.69, 9.17) is 11.5 Å². The van der Waals surface area contributed by atoms with Gasteiger partial charge in [0.25, 0.3) is 0 Å². The molecule has 0 aliphatic carbocycles. The molecule has 5 aromatic rings. The molecule has 146 valence electrons. The van der Waals surface area contributed by atoms with Gasteiger partial charge in [0.05, 0.1) is 11.0 Å². The molecule has 4 N–H and O–H groups in total. The van der Waals surface area contributed by atoms with E-state index in [2.05, 4.69) is 33.8 Å². The van der Waals surface area contributed by atoms with Crippen LogP contribution in [0.5, 0.6) is 0 Å². The summed E-state index contributed by atoms with van der Waals surface area (Å²) >= 11 is 0. The molecule has 2 aromatic heterocycles. The van der Waals surface area contributed by atoms with E-state index in [9.17, 15) is 4.79 Å². The number of fused-ring (bicyclic) bond motifs is 3. The van der Waals surface area contributed by atoms with Crippen LogP contribution in [-0.4, -0.2) is 15.5 Å². The number of nitrogen functional groups attached to an aromatic ring is 1. The summed E-state index contributed by atoms with van der Waals surface area (Å²) in [6, 6.07) is 24.1. The molecule has 2 heterocycles. The van der Waals surface area contributed by atoms with E-state index in [0.29, 0.717) is 11.4 Å². The number of para-hydroxylation sites is 1. The Morgan fingerprint density at radius 2 is 1.73 bits per heavy atom. The van der Waals surface area contributed by atoms with Crippen molar-refractivity contribution in [3.05, 3.63) is 90.1 Å². The van der Waals surface area contributed by atoms with Crippen molar-refractivity contribution in [3.63, 3.8) is 0 Å². The van der Waals surface area contributed by atoms with Gasteiger partial charge < -0.3 is 16.0 Å². The highest BCUT2D eigenvalue weighted by molar-refractivity contribution is 6.15. The van der Waals surface area contributed by atoms with Crippen molar-refractivity contribution in [2.45, 2.75) is 6.92 Å². The minimum atomic E-state index is -0.417. The lowest BCUT2D eigenvalue weighted by Crippen LogP contribution is -2.12. The van der Waals surface area contributed by atoms with Crippen molar-refractivity contribution in [2.24, 2.45) is 5.73 Å². The van der Waals surface area contributed by atoms with Crippen LogP contribution in [0.2, 0.25) is 0 Å². The molecule has 5 heteroatoms.